The Hall–Kier alpha value is -3.61. The largest absolute Gasteiger partial charge is 0.497 e. The van der Waals surface area contributed by atoms with Gasteiger partial charge in [0.15, 0.2) is 17.3 Å². The highest BCUT2D eigenvalue weighted by Gasteiger charge is 2.22. The number of benzene rings is 2. The molecule has 2 aliphatic heterocycles. The Bertz CT molecular complexity index is 1260. The topological polar surface area (TPSA) is 62.0 Å². The van der Waals surface area contributed by atoms with Gasteiger partial charge in [-0.05, 0) is 49.1 Å². The maximum Gasteiger partial charge on any atom is 0.231 e. The second-order valence-corrected chi connectivity index (χ2v) is 7.96. The van der Waals surface area contributed by atoms with Gasteiger partial charge in [-0.15, -0.1) is 0 Å². The molecule has 0 atom stereocenters. The van der Waals surface area contributed by atoms with Crippen molar-refractivity contribution in [3.8, 4) is 28.4 Å². The molecule has 2 aromatic carbocycles. The molecule has 0 fully saturated rings. The van der Waals surface area contributed by atoms with E-state index in [9.17, 15) is 0 Å². The monoisotopic (exact) mass is 416 g/mol. The zero-order valence-corrected chi connectivity index (χ0v) is 17.4. The Morgan fingerprint density at radius 3 is 2.81 bits per heavy atom. The number of hydrogen-bond acceptors (Lipinski definition) is 5. The molecule has 0 unspecified atom stereocenters. The van der Waals surface area contributed by atoms with Crippen LogP contribution < -0.4 is 19.5 Å². The number of nitrogens with one attached hydrogen (secondary N) is 1. The van der Waals surface area contributed by atoms with Crippen LogP contribution in [0, 0.1) is 0 Å². The number of nitrogens with zero attached hydrogens (tertiary/aromatic N) is 3. The normalized spacial score (nSPS) is 14.6. The molecule has 0 radical (unpaired) electrons. The van der Waals surface area contributed by atoms with Crippen LogP contribution in [-0.4, -0.2) is 28.1 Å². The highest BCUT2D eigenvalue weighted by molar-refractivity contribution is 5.75. The summed E-state index contributed by atoms with van der Waals surface area (Å²) in [5.74, 6) is 3.49. The van der Waals surface area contributed by atoms with Gasteiger partial charge in [0.1, 0.15) is 11.4 Å². The molecule has 1 N–H and O–H groups in total. The van der Waals surface area contributed by atoms with Crippen LogP contribution in [0.25, 0.3) is 16.8 Å². The van der Waals surface area contributed by atoms with E-state index in [0.717, 1.165) is 48.1 Å². The lowest BCUT2D eigenvalue weighted by Crippen LogP contribution is -2.09. The molecule has 0 amide bonds. The van der Waals surface area contributed by atoms with E-state index in [0.29, 0.717) is 6.54 Å². The Morgan fingerprint density at radius 1 is 1.06 bits per heavy atom. The van der Waals surface area contributed by atoms with E-state index < -0.39 is 0 Å². The molecule has 7 heteroatoms. The fourth-order valence-corrected chi connectivity index (χ4v) is 4.57. The number of ether oxygens (including phenoxy) is 3. The molecule has 31 heavy (non-hydrogen) atoms. The molecule has 0 aliphatic carbocycles. The molecular formula is C24H24N4O3. The third kappa shape index (κ3) is 3.08. The summed E-state index contributed by atoms with van der Waals surface area (Å²) < 4.78 is 20.6. The van der Waals surface area contributed by atoms with Crippen molar-refractivity contribution >= 4 is 11.3 Å². The molecule has 2 aromatic heterocycles. The van der Waals surface area contributed by atoms with Crippen molar-refractivity contribution in [2.24, 2.45) is 0 Å². The van der Waals surface area contributed by atoms with Crippen molar-refractivity contribution in [1.82, 2.24) is 14.2 Å². The van der Waals surface area contributed by atoms with E-state index in [1.165, 1.54) is 28.8 Å². The van der Waals surface area contributed by atoms with E-state index in [1.54, 1.807) is 7.11 Å². The van der Waals surface area contributed by atoms with Crippen LogP contribution in [-0.2, 0) is 19.5 Å². The first kappa shape index (κ1) is 18.2. The number of fused-ring (bicyclic) bond motifs is 1. The summed E-state index contributed by atoms with van der Waals surface area (Å²) in [5, 5.41) is 8.42. The summed E-state index contributed by atoms with van der Waals surface area (Å²) in [6.07, 6.45) is 5.57. The zero-order chi connectivity index (χ0) is 20.8. The lowest BCUT2D eigenvalue weighted by Gasteiger charge is -2.09. The van der Waals surface area contributed by atoms with Crippen LogP contribution in [0.5, 0.6) is 17.2 Å². The fraction of sp³-hybridized carbons (Fsp3) is 0.292. The summed E-state index contributed by atoms with van der Waals surface area (Å²) in [7, 11) is 1.70. The van der Waals surface area contributed by atoms with Gasteiger partial charge in [0, 0.05) is 35.6 Å². The lowest BCUT2D eigenvalue weighted by molar-refractivity contribution is 0.174. The molecule has 0 bridgehead atoms. The van der Waals surface area contributed by atoms with Crippen molar-refractivity contribution in [1.29, 1.82) is 0 Å². The van der Waals surface area contributed by atoms with Gasteiger partial charge >= 0.3 is 0 Å². The minimum atomic E-state index is 0.286. The standard InChI is InChI=1S/C24H24N4O3/c1-29-18-8-5-16(6-9-18)20-14-28-24-19(20)4-2-3-11-27(24)23(26-28)13-25-17-7-10-21-22(12-17)31-15-30-21/h5-10,12,14,25H,2-4,11,13,15H2,1H3. The Labute approximate surface area is 180 Å². The van der Waals surface area contributed by atoms with Gasteiger partial charge in [0.2, 0.25) is 6.79 Å². The Morgan fingerprint density at radius 2 is 1.94 bits per heavy atom. The van der Waals surface area contributed by atoms with E-state index in [-0.39, 0.29) is 6.79 Å². The van der Waals surface area contributed by atoms with Crippen molar-refractivity contribution < 1.29 is 14.2 Å². The number of rotatable bonds is 5. The minimum absolute atomic E-state index is 0.286. The number of aryl methyl sites for hydroxylation is 2. The van der Waals surface area contributed by atoms with Crippen molar-refractivity contribution in [3.63, 3.8) is 0 Å². The average Bonchev–Trinajstić information content (AvgIpc) is 3.45. The molecule has 0 saturated carbocycles. The number of methoxy groups -OCH3 is 1. The average molecular weight is 416 g/mol. The predicted molar refractivity (Wildman–Crippen MR) is 118 cm³/mol. The third-order valence-electron chi connectivity index (χ3n) is 6.14. The van der Waals surface area contributed by atoms with Crippen molar-refractivity contribution in [2.45, 2.75) is 32.4 Å². The van der Waals surface area contributed by atoms with E-state index >= 15 is 0 Å². The van der Waals surface area contributed by atoms with Gasteiger partial charge in [-0.2, -0.15) is 5.10 Å². The smallest absolute Gasteiger partial charge is 0.231 e. The van der Waals surface area contributed by atoms with Crippen LogP contribution in [0.15, 0.2) is 48.7 Å². The first-order valence-electron chi connectivity index (χ1n) is 10.7. The van der Waals surface area contributed by atoms with Crippen LogP contribution >= 0.6 is 0 Å². The first-order chi connectivity index (χ1) is 15.3. The van der Waals surface area contributed by atoms with E-state index in [4.69, 9.17) is 19.3 Å². The molecule has 6 rings (SSSR count). The second-order valence-electron chi connectivity index (χ2n) is 7.96. The zero-order valence-electron chi connectivity index (χ0n) is 17.4. The lowest BCUT2D eigenvalue weighted by atomic mass is 10.0. The number of anilines is 1. The summed E-state index contributed by atoms with van der Waals surface area (Å²) in [6, 6.07) is 14.2. The molecule has 4 aromatic rings. The van der Waals surface area contributed by atoms with Gasteiger partial charge in [0.05, 0.1) is 13.7 Å². The third-order valence-corrected chi connectivity index (χ3v) is 6.14. The van der Waals surface area contributed by atoms with E-state index in [1.807, 2.05) is 30.3 Å². The molecule has 2 aliphatic rings. The van der Waals surface area contributed by atoms with Crippen LogP contribution in [0.4, 0.5) is 5.69 Å². The molecule has 158 valence electrons. The molecule has 7 nitrogen and oxygen atoms in total. The number of aromatic nitrogens is 3. The SMILES string of the molecule is COc1ccc(-c2cn3nc(CNc4ccc5c(c4)OCO5)n4c3c2CCCC4)cc1. The minimum Gasteiger partial charge on any atom is -0.497 e. The van der Waals surface area contributed by atoms with Gasteiger partial charge < -0.3 is 24.1 Å². The fourth-order valence-electron chi connectivity index (χ4n) is 4.57. The summed E-state index contributed by atoms with van der Waals surface area (Å²) >= 11 is 0. The highest BCUT2D eigenvalue weighted by atomic mass is 16.7. The van der Waals surface area contributed by atoms with Crippen molar-refractivity contribution in [3.05, 3.63) is 60.0 Å². The van der Waals surface area contributed by atoms with Crippen LogP contribution in [0.3, 0.4) is 0 Å². The molecule has 0 saturated heterocycles. The quantitative estimate of drug-likeness (QED) is 0.519. The maximum absolute atomic E-state index is 5.49. The van der Waals surface area contributed by atoms with Gasteiger partial charge in [-0.25, -0.2) is 4.52 Å². The number of hydrogen-bond donors (Lipinski definition) is 1. The maximum atomic E-state index is 5.49. The van der Waals surface area contributed by atoms with Crippen LogP contribution in [0.2, 0.25) is 0 Å². The summed E-state index contributed by atoms with van der Waals surface area (Å²) in [5.41, 5.74) is 6.05. The van der Waals surface area contributed by atoms with Gasteiger partial charge in [-0.1, -0.05) is 12.1 Å². The molecule has 0 spiro atoms. The predicted octanol–water partition coefficient (Wildman–Crippen LogP) is 4.49. The van der Waals surface area contributed by atoms with E-state index in [2.05, 4.69) is 32.7 Å². The van der Waals surface area contributed by atoms with Gasteiger partial charge in [0.25, 0.3) is 0 Å². The van der Waals surface area contributed by atoms with Crippen molar-refractivity contribution in [2.75, 3.05) is 19.2 Å². The summed E-state index contributed by atoms with van der Waals surface area (Å²) in [4.78, 5) is 0. The second kappa shape index (κ2) is 7.27. The summed E-state index contributed by atoms with van der Waals surface area (Å²) in [6.45, 7) is 1.92. The first-order valence-corrected chi connectivity index (χ1v) is 10.7. The molecular weight excluding hydrogens is 392 g/mol. The molecule has 4 heterocycles. The van der Waals surface area contributed by atoms with Gasteiger partial charge in [-0.3, -0.25) is 0 Å². The Kier molecular flexibility index (Phi) is 4.26. The Balaban J connectivity index is 1.33. The van der Waals surface area contributed by atoms with Crippen LogP contribution in [0.1, 0.15) is 24.2 Å². The highest BCUT2D eigenvalue weighted by Crippen LogP contribution is 2.35.